The first-order valence-corrected chi connectivity index (χ1v) is 10.9. The first kappa shape index (κ1) is 22.2. The molecular weight excluding hydrogens is 420 g/mol. The van der Waals surface area contributed by atoms with Gasteiger partial charge in [0.15, 0.2) is 11.6 Å². The van der Waals surface area contributed by atoms with Crippen LogP contribution < -0.4 is 9.47 Å². The molecule has 2 aliphatic rings. The summed E-state index contributed by atoms with van der Waals surface area (Å²) in [7, 11) is 0. The van der Waals surface area contributed by atoms with Crippen LogP contribution in [0.2, 0.25) is 0 Å². The summed E-state index contributed by atoms with van der Waals surface area (Å²) in [4.78, 5) is 21.5. The van der Waals surface area contributed by atoms with Crippen LogP contribution in [0.3, 0.4) is 0 Å². The van der Waals surface area contributed by atoms with E-state index < -0.39 is 17.5 Å². The van der Waals surface area contributed by atoms with Crippen LogP contribution in [0.1, 0.15) is 39.2 Å². The van der Waals surface area contributed by atoms with Gasteiger partial charge in [-0.15, -0.1) is 0 Å². The van der Waals surface area contributed by atoms with Crippen LogP contribution >= 0.6 is 0 Å². The predicted octanol–water partition coefficient (Wildman–Crippen LogP) is 4.75. The second kappa shape index (κ2) is 8.88. The SMILES string of the molecule is CCc1ccc(Oc2ncnc(OCC34CCN(C(=O)OC(C)C)CC3C4)c2F)c(F)c1. The molecule has 2 fully saturated rings. The fourth-order valence-electron chi connectivity index (χ4n) is 4.08. The molecule has 2 aromatic rings. The maximum absolute atomic E-state index is 14.9. The van der Waals surface area contributed by atoms with Crippen LogP contribution in [-0.2, 0) is 11.2 Å². The highest BCUT2D eigenvalue weighted by molar-refractivity contribution is 5.68. The number of carbonyl (C=O) groups excluding carboxylic acids is 1. The van der Waals surface area contributed by atoms with Gasteiger partial charge in [-0.1, -0.05) is 13.0 Å². The molecular formula is C23H27F2N3O4. The van der Waals surface area contributed by atoms with Crippen molar-refractivity contribution in [2.75, 3.05) is 19.7 Å². The number of hydrogen-bond acceptors (Lipinski definition) is 6. The normalized spacial score (nSPS) is 21.8. The van der Waals surface area contributed by atoms with Crippen molar-refractivity contribution in [2.45, 2.75) is 46.1 Å². The number of halogens is 2. The number of ether oxygens (including phenoxy) is 3. The summed E-state index contributed by atoms with van der Waals surface area (Å²) in [5.74, 6) is -1.93. The Morgan fingerprint density at radius 1 is 1.28 bits per heavy atom. The molecule has 7 nitrogen and oxygen atoms in total. The van der Waals surface area contributed by atoms with Crippen LogP contribution in [0.15, 0.2) is 24.5 Å². The number of benzene rings is 1. The summed E-state index contributed by atoms with van der Waals surface area (Å²) in [6, 6.07) is 4.51. The second-order valence-corrected chi connectivity index (χ2v) is 8.70. The van der Waals surface area contributed by atoms with Crippen molar-refractivity contribution in [1.82, 2.24) is 14.9 Å². The van der Waals surface area contributed by atoms with Crippen LogP contribution in [0, 0.1) is 23.0 Å². The van der Waals surface area contributed by atoms with Gasteiger partial charge in [0.1, 0.15) is 6.33 Å². The van der Waals surface area contributed by atoms with Crippen molar-refractivity contribution in [1.29, 1.82) is 0 Å². The summed E-state index contributed by atoms with van der Waals surface area (Å²) in [5.41, 5.74) is 0.707. The quantitative estimate of drug-likeness (QED) is 0.610. The summed E-state index contributed by atoms with van der Waals surface area (Å²) in [6.07, 6.45) is 2.98. The zero-order valence-electron chi connectivity index (χ0n) is 18.4. The lowest BCUT2D eigenvalue weighted by Gasteiger charge is -2.31. The first-order chi connectivity index (χ1) is 15.3. The fourth-order valence-corrected chi connectivity index (χ4v) is 4.08. The van der Waals surface area contributed by atoms with Gasteiger partial charge in [-0.3, -0.25) is 0 Å². The number of carbonyl (C=O) groups is 1. The number of aromatic nitrogens is 2. The second-order valence-electron chi connectivity index (χ2n) is 8.70. The number of nitrogens with zero attached hydrogens (tertiary/aromatic N) is 3. The third-order valence-electron chi connectivity index (χ3n) is 6.11. The van der Waals surface area contributed by atoms with Crippen molar-refractivity contribution >= 4 is 6.09 Å². The third-order valence-corrected chi connectivity index (χ3v) is 6.11. The maximum Gasteiger partial charge on any atom is 0.410 e. The Bertz CT molecular complexity index is 1000. The van der Waals surface area contributed by atoms with Gasteiger partial charge in [-0.05, 0) is 56.7 Å². The van der Waals surface area contributed by atoms with E-state index in [0.29, 0.717) is 19.5 Å². The summed E-state index contributed by atoms with van der Waals surface area (Å²) >= 11 is 0. The number of piperidine rings is 1. The van der Waals surface area contributed by atoms with E-state index in [0.717, 1.165) is 24.7 Å². The van der Waals surface area contributed by atoms with Gasteiger partial charge in [0.2, 0.25) is 5.82 Å². The number of aryl methyl sites for hydroxylation is 1. The minimum Gasteiger partial charge on any atom is -0.475 e. The van der Waals surface area contributed by atoms with Gasteiger partial charge in [-0.2, -0.15) is 14.4 Å². The highest BCUT2D eigenvalue weighted by Crippen LogP contribution is 2.58. The molecule has 1 aromatic heterocycles. The number of amides is 1. The summed E-state index contributed by atoms with van der Waals surface area (Å²) < 4.78 is 45.3. The van der Waals surface area contributed by atoms with E-state index in [1.165, 1.54) is 12.1 Å². The van der Waals surface area contributed by atoms with Crippen LogP contribution in [0.5, 0.6) is 17.5 Å². The minimum atomic E-state index is -0.877. The zero-order valence-corrected chi connectivity index (χ0v) is 18.4. The molecule has 1 aromatic carbocycles. The first-order valence-electron chi connectivity index (χ1n) is 10.9. The van der Waals surface area contributed by atoms with E-state index in [4.69, 9.17) is 14.2 Å². The molecule has 172 valence electrons. The molecule has 9 heteroatoms. The van der Waals surface area contributed by atoms with Crippen molar-refractivity contribution < 1.29 is 27.8 Å². The predicted molar refractivity (Wildman–Crippen MR) is 112 cm³/mol. The lowest BCUT2D eigenvalue weighted by atomic mass is 9.96. The zero-order chi connectivity index (χ0) is 22.9. The van der Waals surface area contributed by atoms with E-state index in [1.54, 1.807) is 11.0 Å². The molecule has 4 rings (SSSR count). The van der Waals surface area contributed by atoms with Gasteiger partial charge in [0.25, 0.3) is 11.8 Å². The Morgan fingerprint density at radius 2 is 2.06 bits per heavy atom. The van der Waals surface area contributed by atoms with E-state index in [2.05, 4.69) is 9.97 Å². The standard InChI is InChI=1S/C23H27F2N3O4/c1-4-15-5-6-18(17(24)9-15)32-21-19(25)20(26-13-27-21)30-12-23-7-8-28(11-16(23)10-23)22(29)31-14(2)3/h5-6,9,13-14,16H,4,7-8,10-12H2,1-3H3. The topological polar surface area (TPSA) is 73.8 Å². The van der Waals surface area contributed by atoms with Gasteiger partial charge in [0.05, 0.1) is 12.7 Å². The smallest absolute Gasteiger partial charge is 0.410 e. The highest BCUT2D eigenvalue weighted by atomic mass is 19.1. The molecule has 2 atom stereocenters. The van der Waals surface area contributed by atoms with Crippen LogP contribution in [0.4, 0.5) is 13.6 Å². The van der Waals surface area contributed by atoms with Crippen molar-refractivity contribution in [3.8, 4) is 17.5 Å². The summed E-state index contributed by atoms with van der Waals surface area (Å²) in [6.45, 7) is 6.99. The van der Waals surface area contributed by atoms with Gasteiger partial charge in [0, 0.05) is 18.5 Å². The van der Waals surface area contributed by atoms with E-state index in [1.807, 2.05) is 20.8 Å². The van der Waals surface area contributed by atoms with Crippen molar-refractivity contribution in [3.05, 3.63) is 41.7 Å². The Kier molecular flexibility index (Phi) is 6.17. The molecule has 1 saturated heterocycles. The Labute approximate surface area is 185 Å². The molecule has 1 amide bonds. The lowest BCUT2D eigenvalue weighted by molar-refractivity contribution is 0.0584. The molecule has 0 spiro atoms. The molecule has 2 unspecified atom stereocenters. The average molecular weight is 447 g/mol. The number of likely N-dealkylation sites (tertiary alicyclic amines) is 1. The Hall–Kier alpha value is -2.97. The van der Waals surface area contributed by atoms with Gasteiger partial charge < -0.3 is 19.1 Å². The molecule has 1 aliphatic carbocycles. The number of rotatable bonds is 7. The molecule has 0 N–H and O–H groups in total. The van der Waals surface area contributed by atoms with Gasteiger partial charge >= 0.3 is 6.09 Å². The van der Waals surface area contributed by atoms with Gasteiger partial charge in [-0.25, -0.2) is 9.18 Å². The Morgan fingerprint density at radius 3 is 2.75 bits per heavy atom. The summed E-state index contributed by atoms with van der Waals surface area (Å²) in [5, 5.41) is 0. The Balaban J connectivity index is 1.37. The monoisotopic (exact) mass is 447 g/mol. The third kappa shape index (κ3) is 4.61. The van der Waals surface area contributed by atoms with E-state index in [9.17, 15) is 13.6 Å². The molecule has 1 aliphatic heterocycles. The van der Waals surface area contributed by atoms with Crippen molar-refractivity contribution in [2.24, 2.45) is 11.3 Å². The van der Waals surface area contributed by atoms with Crippen LogP contribution in [0.25, 0.3) is 0 Å². The fraction of sp³-hybridized carbons (Fsp3) is 0.522. The maximum atomic E-state index is 14.9. The average Bonchev–Trinajstić information content (AvgIpc) is 3.49. The van der Waals surface area contributed by atoms with E-state index in [-0.39, 0.29) is 41.8 Å². The highest BCUT2D eigenvalue weighted by Gasteiger charge is 2.58. The molecule has 2 heterocycles. The molecule has 32 heavy (non-hydrogen) atoms. The van der Waals surface area contributed by atoms with Crippen LogP contribution in [-0.4, -0.2) is 46.8 Å². The molecule has 0 radical (unpaired) electrons. The van der Waals surface area contributed by atoms with E-state index >= 15 is 0 Å². The molecule has 1 saturated carbocycles. The minimum absolute atomic E-state index is 0.102. The number of fused-ring (bicyclic) bond motifs is 1. The largest absolute Gasteiger partial charge is 0.475 e. The lowest BCUT2D eigenvalue weighted by Crippen LogP contribution is -2.41. The number of hydrogen-bond donors (Lipinski definition) is 0. The molecule has 0 bridgehead atoms. The van der Waals surface area contributed by atoms with Crippen molar-refractivity contribution in [3.63, 3.8) is 0 Å².